The van der Waals surface area contributed by atoms with Gasteiger partial charge < -0.3 is 19.2 Å². The average Bonchev–Trinajstić information content (AvgIpc) is 3.60. The Bertz CT molecular complexity index is 1990. The third-order valence-corrected chi connectivity index (χ3v) is 8.25. The molecule has 1 aromatic heterocycles. The first kappa shape index (κ1) is 34.7. The lowest BCUT2D eigenvalue weighted by atomic mass is 9.91. The van der Waals surface area contributed by atoms with Crippen molar-refractivity contribution in [2.45, 2.75) is 73.1 Å². The minimum absolute atomic E-state index is 0.0205. The summed E-state index contributed by atoms with van der Waals surface area (Å²) < 4.78 is 35.8. The zero-order chi connectivity index (χ0) is 35.4. The molecular formula is C41H41FN4O3. The molecule has 49 heavy (non-hydrogen) atoms. The molecule has 0 fully saturated rings. The van der Waals surface area contributed by atoms with Gasteiger partial charge in [-0.15, -0.1) is 0 Å². The van der Waals surface area contributed by atoms with Crippen LogP contribution in [0, 0.1) is 28.6 Å². The molecule has 0 saturated carbocycles. The van der Waals surface area contributed by atoms with Crippen molar-refractivity contribution >= 4 is 11.7 Å². The number of aliphatic imine (C=N–C) groups is 1. The second kappa shape index (κ2) is 14.7. The van der Waals surface area contributed by atoms with Crippen molar-refractivity contribution in [3.05, 3.63) is 123 Å². The average molecular weight is 657 g/mol. The molecule has 0 amide bonds. The van der Waals surface area contributed by atoms with Crippen molar-refractivity contribution in [3.8, 4) is 35.3 Å². The smallest absolute Gasteiger partial charge is 0.256 e. The number of nitriles is 2. The molecule has 3 aromatic carbocycles. The normalized spacial score (nSPS) is 14.0. The molecule has 0 bridgehead atoms. The fourth-order valence-electron chi connectivity index (χ4n) is 5.87. The summed E-state index contributed by atoms with van der Waals surface area (Å²) in [6.07, 6.45) is 0. The van der Waals surface area contributed by atoms with Gasteiger partial charge in [0.05, 0.1) is 17.3 Å². The zero-order valence-electron chi connectivity index (χ0n) is 29.2. The highest BCUT2D eigenvalue weighted by Crippen LogP contribution is 2.46. The maximum Gasteiger partial charge on any atom is 0.256 e. The summed E-state index contributed by atoms with van der Waals surface area (Å²) in [5.41, 5.74) is 4.09. The molecular weight excluding hydrogens is 615 g/mol. The topological polar surface area (TPSA) is 103 Å². The number of benzene rings is 3. The first-order valence-electron chi connectivity index (χ1n) is 16.6. The van der Waals surface area contributed by atoms with Crippen LogP contribution in [0.2, 0.25) is 0 Å². The molecule has 2 heterocycles. The van der Waals surface area contributed by atoms with Gasteiger partial charge in [0.1, 0.15) is 34.6 Å². The second-order valence-corrected chi connectivity index (χ2v) is 13.2. The summed E-state index contributed by atoms with van der Waals surface area (Å²) >= 11 is 0. The summed E-state index contributed by atoms with van der Waals surface area (Å²) in [6.45, 7) is 15.9. The van der Waals surface area contributed by atoms with Gasteiger partial charge in [0.25, 0.3) is 5.90 Å². The lowest BCUT2D eigenvalue weighted by Crippen LogP contribution is -2.10. The van der Waals surface area contributed by atoms with Crippen LogP contribution < -0.4 is 14.2 Å². The molecule has 8 heteroatoms. The van der Waals surface area contributed by atoms with Crippen molar-refractivity contribution in [3.63, 3.8) is 0 Å². The van der Waals surface area contributed by atoms with Gasteiger partial charge in [-0.05, 0) is 71.2 Å². The Morgan fingerprint density at radius 1 is 0.735 bits per heavy atom. The van der Waals surface area contributed by atoms with E-state index in [4.69, 9.17) is 19.2 Å². The minimum atomic E-state index is -0.595. The van der Waals surface area contributed by atoms with Gasteiger partial charge in [-0.3, -0.25) is 0 Å². The van der Waals surface area contributed by atoms with Gasteiger partial charge in [-0.1, -0.05) is 91.8 Å². The number of aromatic amines is 1. The van der Waals surface area contributed by atoms with E-state index >= 15 is 4.39 Å². The van der Waals surface area contributed by atoms with Crippen molar-refractivity contribution < 1.29 is 18.6 Å². The Balaban J connectivity index is 1.86. The molecule has 0 spiro atoms. The number of hydrogen-bond donors (Lipinski definition) is 1. The van der Waals surface area contributed by atoms with Crippen LogP contribution in [-0.2, 0) is 0 Å². The van der Waals surface area contributed by atoms with E-state index in [1.807, 2.05) is 91.8 Å². The third kappa shape index (κ3) is 7.15. The summed E-state index contributed by atoms with van der Waals surface area (Å²) in [5, 5.41) is 20.4. The Labute approximate surface area is 288 Å². The van der Waals surface area contributed by atoms with Crippen molar-refractivity contribution in [1.82, 2.24) is 4.98 Å². The van der Waals surface area contributed by atoms with E-state index in [1.54, 1.807) is 36.4 Å². The van der Waals surface area contributed by atoms with E-state index in [9.17, 15) is 10.5 Å². The maximum absolute atomic E-state index is 16.5. The van der Waals surface area contributed by atoms with Crippen LogP contribution in [0.25, 0.3) is 5.76 Å². The fourth-order valence-corrected chi connectivity index (χ4v) is 5.87. The molecule has 250 valence electrons. The predicted molar refractivity (Wildman–Crippen MR) is 190 cm³/mol. The SMILES string of the molecule is CC(C)C1=C(F)C(Oc2ccccc2)=NC1=C(Oc1c(C(C)C)cc(C#N)cc1C(C)C)c1[nH]c(Oc2ccccc2)c(C#N)c1C(C)C. The number of aromatic nitrogens is 1. The molecule has 0 radical (unpaired) electrons. The molecule has 0 aliphatic carbocycles. The van der Waals surface area contributed by atoms with Gasteiger partial charge in [0, 0.05) is 11.1 Å². The Kier molecular flexibility index (Phi) is 10.4. The number of nitrogens with one attached hydrogen (secondary N) is 1. The minimum Gasteiger partial charge on any atom is -0.452 e. The highest BCUT2D eigenvalue weighted by molar-refractivity contribution is 6.00. The number of allylic oxidation sites excluding steroid dienone is 1. The molecule has 7 nitrogen and oxygen atoms in total. The van der Waals surface area contributed by atoms with Crippen LogP contribution in [0.3, 0.4) is 0 Å². The zero-order valence-corrected chi connectivity index (χ0v) is 29.2. The fraction of sp³-hybridized carbons (Fsp3) is 0.293. The highest BCUT2D eigenvalue weighted by atomic mass is 19.1. The Hall–Kier alpha value is -5.60. The standard InChI is InChI=1S/C41H41FN4O3/c1-23(2)30-19-27(21-43)20-31(24(3)4)38(30)49-39(37-34(26(7)8)35(42)41(46-37)48-29-17-13-10-14-18-29)36-33(25(5)6)32(22-44)40(45-36)47-28-15-11-9-12-16-28/h9-20,23-26,45H,1-8H3. The highest BCUT2D eigenvalue weighted by Gasteiger charge is 2.36. The summed E-state index contributed by atoms with van der Waals surface area (Å²) in [5.74, 6) is 0.675. The number of ether oxygens (including phenoxy) is 3. The van der Waals surface area contributed by atoms with Gasteiger partial charge in [0.15, 0.2) is 11.6 Å². The van der Waals surface area contributed by atoms with E-state index in [0.29, 0.717) is 45.2 Å². The van der Waals surface area contributed by atoms with Crippen LogP contribution in [0.5, 0.6) is 23.1 Å². The Morgan fingerprint density at radius 3 is 1.76 bits per heavy atom. The maximum atomic E-state index is 16.5. The molecule has 5 rings (SSSR count). The van der Waals surface area contributed by atoms with Crippen molar-refractivity contribution in [2.24, 2.45) is 10.9 Å². The van der Waals surface area contributed by atoms with Gasteiger partial charge in [-0.2, -0.15) is 10.5 Å². The Morgan fingerprint density at radius 2 is 1.29 bits per heavy atom. The first-order valence-corrected chi connectivity index (χ1v) is 16.6. The molecule has 0 unspecified atom stereocenters. The lowest BCUT2D eigenvalue weighted by Gasteiger charge is -2.23. The van der Waals surface area contributed by atoms with Gasteiger partial charge >= 0.3 is 0 Å². The van der Waals surface area contributed by atoms with Crippen LogP contribution in [0.4, 0.5) is 4.39 Å². The lowest BCUT2D eigenvalue weighted by molar-refractivity contribution is 0.460. The first-order chi connectivity index (χ1) is 23.4. The summed E-state index contributed by atoms with van der Waals surface area (Å²) in [6, 6.07) is 26.4. The van der Waals surface area contributed by atoms with E-state index in [2.05, 4.69) is 17.1 Å². The van der Waals surface area contributed by atoms with E-state index in [1.165, 1.54) is 0 Å². The van der Waals surface area contributed by atoms with Crippen molar-refractivity contribution in [2.75, 3.05) is 0 Å². The second-order valence-electron chi connectivity index (χ2n) is 13.2. The molecule has 4 aromatic rings. The number of nitrogens with zero attached hydrogens (tertiary/aromatic N) is 3. The number of rotatable bonds is 10. The molecule has 0 atom stereocenters. The van der Waals surface area contributed by atoms with E-state index in [-0.39, 0.29) is 46.9 Å². The predicted octanol–water partition coefficient (Wildman–Crippen LogP) is 11.0. The molecule has 1 aliphatic rings. The third-order valence-electron chi connectivity index (χ3n) is 8.25. The number of H-pyrrole nitrogens is 1. The quantitative estimate of drug-likeness (QED) is 0.171. The van der Waals surface area contributed by atoms with Gasteiger partial charge in [-0.25, -0.2) is 9.38 Å². The summed E-state index contributed by atoms with van der Waals surface area (Å²) in [7, 11) is 0. The molecule has 1 aliphatic heterocycles. The monoisotopic (exact) mass is 656 g/mol. The summed E-state index contributed by atoms with van der Waals surface area (Å²) in [4.78, 5) is 8.13. The van der Waals surface area contributed by atoms with Crippen LogP contribution in [0.15, 0.2) is 94.9 Å². The van der Waals surface area contributed by atoms with Crippen molar-refractivity contribution in [1.29, 1.82) is 10.5 Å². The molecule has 0 saturated heterocycles. The van der Waals surface area contributed by atoms with Gasteiger partial charge in [0.2, 0.25) is 5.88 Å². The van der Waals surface area contributed by atoms with E-state index in [0.717, 1.165) is 11.1 Å². The largest absolute Gasteiger partial charge is 0.452 e. The van der Waals surface area contributed by atoms with Crippen LogP contribution in [0.1, 0.15) is 107 Å². The molecule has 1 N–H and O–H groups in total. The number of hydrogen-bond acceptors (Lipinski definition) is 6. The van der Waals surface area contributed by atoms with Crippen LogP contribution in [-0.4, -0.2) is 10.9 Å². The van der Waals surface area contributed by atoms with E-state index < -0.39 is 5.83 Å². The number of halogens is 1. The number of para-hydroxylation sites is 2. The van der Waals surface area contributed by atoms with Crippen LogP contribution >= 0.6 is 0 Å².